The Morgan fingerprint density at radius 3 is 2.21 bits per heavy atom. The van der Waals surface area contributed by atoms with Crippen molar-refractivity contribution in [1.29, 1.82) is 0 Å². The van der Waals surface area contributed by atoms with E-state index in [0.29, 0.717) is 12.1 Å². The highest BCUT2D eigenvalue weighted by Gasteiger charge is 2.39. The van der Waals surface area contributed by atoms with E-state index in [0.717, 1.165) is 0 Å². The third kappa shape index (κ3) is 3.22. The number of thioether (sulfide) groups is 1. The fourth-order valence-corrected chi connectivity index (χ4v) is 4.64. The SMILES string of the molecule is CCC1S/C(=N/S(=O)(=O)c2ccccc2)N(c2ccccc2)C1=O. The number of amidine groups is 1. The molecule has 0 N–H and O–H groups in total. The Balaban J connectivity index is 2.06. The van der Waals surface area contributed by atoms with Crippen LogP contribution in [0.5, 0.6) is 0 Å². The second kappa shape index (κ2) is 6.78. The first-order chi connectivity index (χ1) is 11.5. The van der Waals surface area contributed by atoms with Crippen LogP contribution in [0.4, 0.5) is 5.69 Å². The van der Waals surface area contributed by atoms with Crippen molar-refractivity contribution >= 4 is 38.5 Å². The molecule has 1 fully saturated rings. The smallest absolute Gasteiger partial charge is 0.273 e. The van der Waals surface area contributed by atoms with Gasteiger partial charge < -0.3 is 0 Å². The van der Waals surface area contributed by atoms with Gasteiger partial charge in [-0.25, -0.2) is 0 Å². The molecule has 5 nitrogen and oxygen atoms in total. The number of rotatable bonds is 4. The van der Waals surface area contributed by atoms with Crippen LogP contribution >= 0.6 is 11.8 Å². The lowest BCUT2D eigenvalue weighted by Crippen LogP contribution is -2.32. The third-order valence-corrected chi connectivity index (χ3v) is 6.26. The summed E-state index contributed by atoms with van der Waals surface area (Å²) in [6.45, 7) is 1.90. The molecule has 0 aromatic heterocycles. The summed E-state index contributed by atoms with van der Waals surface area (Å²) in [5.41, 5.74) is 0.618. The zero-order chi connectivity index (χ0) is 17.2. The van der Waals surface area contributed by atoms with Crippen molar-refractivity contribution < 1.29 is 13.2 Å². The standard InChI is InChI=1S/C17H16N2O3S2/c1-2-15-16(20)19(13-9-5-3-6-10-13)17(23-15)18-24(21,22)14-11-7-4-8-12-14/h3-12,15H,2H2,1H3/b18-17+. The molecule has 0 aliphatic carbocycles. The number of hydrogen-bond acceptors (Lipinski definition) is 4. The highest BCUT2D eigenvalue weighted by Crippen LogP contribution is 2.34. The van der Waals surface area contributed by atoms with Crippen LogP contribution in [0.3, 0.4) is 0 Å². The van der Waals surface area contributed by atoms with Gasteiger partial charge in [0.25, 0.3) is 10.0 Å². The molecule has 2 aromatic rings. The lowest BCUT2D eigenvalue weighted by atomic mass is 10.2. The van der Waals surface area contributed by atoms with Gasteiger partial charge in [0, 0.05) is 0 Å². The Kier molecular flexibility index (Phi) is 4.73. The summed E-state index contributed by atoms with van der Waals surface area (Å²) in [6.07, 6.45) is 0.608. The summed E-state index contributed by atoms with van der Waals surface area (Å²) >= 11 is 1.19. The lowest BCUT2D eigenvalue weighted by molar-refractivity contribution is -0.116. The Morgan fingerprint density at radius 2 is 1.62 bits per heavy atom. The van der Waals surface area contributed by atoms with Crippen molar-refractivity contribution in [3.8, 4) is 0 Å². The largest absolute Gasteiger partial charge is 0.284 e. The van der Waals surface area contributed by atoms with Crippen molar-refractivity contribution in [2.45, 2.75) is 23.5 Å². The predicted molar refractivity (Wildman–Crippen MR) is 96.7 cm³/mol. The Hall–Kier alpha value is -2.12. The summed E-state index contributed by atoms with van der Waals surface area (Å²) in [5.74, 6) is -0.143. The Labute approximate surface area is 145 Å². The van der Waals surface area contributed by atoms with E-state index in [-0.39, 0.29) is 21.2 Å². The molecule has 1 amide bonds. The maximum Gasteiger partial charge on any atom is 0.284 e. The molecule has 1 unspecified atom stereocenters. The zero-order valence-electron chi connectivity index (χ0n) is 13.0. The zero-order valence-corrected chi connectivity index (χ0v) is 14.6. The van der Waals surface area contributed by atoms with E-state index in [2.05, 4.69) is 4.40 Å². The molecule has 1 aliphatic rings. The number of anilines is 1. The summed E-state index contributed by atoms with van der Waals surface area (Å²) < 4.78 is 29.0. The molecule has 24 heavy (non-hydrogen) atoms. The Morgan fingerprint density at radius 1 is 1.04 bits per heavy atom. The first kappa shape index (κ1) is 16.7. The molecule has 7 heteroatoms. The first-order valence-electron chi connectivity index (χ1n) is 7.48. The summed E-state index contributed by atoms with van der Waals surface area (Å²) in [6, 6.07) is 17.0. The predicted octanol–water partition coefficient (Wildman–Crippen LogP) is 3.29. The average molecular weight is 360 g/mol. The molecule has 0 radical (unpaired) electrons. The highest BCUT2D eigenvalue weighted by atomic mass is 32.2. The van der Waals surface area contributed by atoms with E-state index in [1.165, 1.54) is 28.8 Å². The number of sulfonamides is 1. The maximum absolute atomic E-state index is 12.6. The van der Waals surface area contributed by atoms with Crippen LogP contribution in [0.25, 0.3) is 0 Å². The van der Waals surface area contributed by atoms with Crippen molar-refractivity contribution in [1.82, 2.24) is 0 Å². The monoisotopic (exact) mass is 360 g/mol. The molecule has 0 bridgehead atoms. The van der Waals surface area contributed by atoms with Crippen LogP contribution in [0, 0.1) is 0 Å². The van der Waals surface area contributed by atoms with Crippen LogP contribution in [0.15, 0.2) is 70.0 Å². The van der Waals surface area contributed by atoms with Crippen LogP contribution < -0.4 is 4.90 Å². The van der Waals surface area contributed by atoms with Crippen molar-refractivity contribution in [3.63, 3.8) is 0 Å². The number of benzene rings is 2. The first-order valence-corrected chi connectivity index (χ1v) is 9.80. The molecule has 3 rings (SSSR count). The van der Waals surface area contributed by atoms with E-state index in [4.69, 9.17) is 0 Å². The van der Waals surface area contributed by atoms with Gasteiger partial charge in [-0.3, -0.25) is 9.69 Å². The van der Waals surface area contributed by atoms with Crippen LogP contribution in [-0.4, -0.2) is 24.7 Å². The minimum atomic E-state index is -3.87. The molecule has 0 saturated carbocycles. The topological polar surface area (TPSA) is 66.8 Å². The number of nitrogens with zero attached hydrogens (tertiary/aromatic N) is 2. The van der Waals surface area contributed by atoms with Gasteiger partial charge in [-0.1, -0.05) is 55.1 Å². The molecule has 2 aromatic carbocycles. The minimum absolute atomic E-state index is 0.110. The van der Waals surface area contributed by atoms with Gasteiger partial charge in [0.05, 0.1) is 15.8 Å². The third-order valence-electron chi connectivity index (χ3n) is 3.56. The van der Waals surface area contributed by atoms with Gasteiger partial charge in [-0.2, -0.15) is 8.42 Å². The highest BCUT2D eigenvalue weighted by molar-refractivity contribution is 8.16. The second-order valence-electron chi connectivity index (χ2n) is 5.19. The number of hydrogen-bond donors (Lipinski definition) is 0. The molecule has 1 atom stereocenters. The van der Waals surface area contributed by atoms with Gasteiger partial charge in [0.1, 0.15) is 0 Å². The van der Waals surface area contributed by atoms with Crippen molar-refractivity contribution in [2.75, 3.05) is 4.90 Å². The van der Waals surface area contributed by atoms with Crippen LogP contribution in [0.2, 0.25) is 0 Å². The van der Waals surface area contributed by atoms with Crippen LogP contribution in [-0.2, 0) is 14.8 Å². The van der Waals surface area contributed by atoms with Gasteiger partial charge in [0.2, 0.25) is 5.91 Å². The van der Waals surface area contributed by atoms with Gasteiger partial charge in [0.15, 0.2) is 5.17 Å². The molecular formula is C17H16N2O3S2. The second-order valence-corrected chi connectivity index (χ2v) is 7.96. The Bertz CT molecular complexity index is 865. The number of amides is 1. The molecule has 124 valence electrons. The van der Waals surface area contributed by atoms with Crippen LogP contribution in [0.1, 0.15) is 13.3 Å². The van der Waals surface area contributed by atoms with Crippen molar-refractivity contribution in [3.05, 3.63) is 60.7 Å². The van der Waals surface area contributed by atoms with Gasteiger partial charge in [-0.15, -0.1) is 4.40 Å². The van der Waals surface area contributed by atoms with E-state index in [9.17, 15) is 13.2 Å². The molecule has 1 aliphatic heterocycles. The van der Waals surface area contributed by atoms with E-state index < -0.39 is 10.0 Å². The van der Waals surface area contributed by atoms with Crippen molar-refractivity contribution in [2.24, 2.45) is 4.40 Å². The van der Waals surface area contributed by atoms with Gasteiger partial charge in [-0.05, 0) is 30.7 Å². The molecular weight excluding hydrogens is 344 g/mol. The molecule has 1 saturated heterocycles. The lowest BCUT2D eigenvalue weighted by Gasteiger charge is -2.16. The molecule has 1 heterocycles. The fourth-order valence-electron chi connectivity index (χ4n) is 2.35. The summed E-state index contributed by atoms with van der Waals surface area (Å²) in [7, 11) is -3.87. The number of carbonyl (C=O) groups excluding carboxylic acids is 1. The number of para-hydroxylation sites is 1. The maximum atomic E-state index is 12.6. The van der Waals surface area contributed by atoms with E-state index in [1.807, 2.05) is 13.0 Å². The quantitative estimate of drug-likeness (QED) is 0.839. The summed E-state index contributed by atoms with van der Waals surface area (Å²) in [4.78, 5) is 14.1. The molecule has 0 spiro atoms. The van der Waals surface area contributed by atoms with Gasteiger partial charge >= 0.3 is 0 Å². The summed E-state index contributed by atoms with van der Waals surface area (Å²) in [5, 5.41) is -0.128. The normalized spacial score (nSPS) is 19.9. The van der Waals surface area contributed by atoms with E-state index in [1.54, 1.807) is 42.5 Å². The fraction of sp³-hybridized carbons (Fsp3) is 0.176. The number of carbonyl (C=O) groups is 1. The van der Waals surface area contributed by atoms with E-state index >= 15 is 0 Å². The average Bonchev–Trinajstić information content (AvgIpc) is 2.91. The minimum Gasteiger partial charge on any atom is -0.273 e.